The summed E-state index contributed by atoms with van der Waals surface area (Å²) in [6.45, 7) is 8.18. The summed E-state index contributed by atoms with van der Waals surface area (Å²) < 4.78 is 7.29. The third-order valence-electron chi connectivity index (χ3n) is 5.21. The fraction of sp³-hybridized carbons (Fsp3) is 0.381. The van der Waals surface area contributed by atoms with E-state index in [1.54, 1.807) is 6.92 Å². The predicted molar refractivity (Wildman–Crippen MR) is 106 cm³/mol. The number of nitrogens with zero attached hydrogens (tertiary/aromatic N) is 4. The van der Waals surface area contributed by atoms with Crippen molar-refractivity contribution < 1.29 is 9.53 Å². The summed E-state index contributed by atoms with van der Waals surface area (Å²) >= 11 is 0. The molecule has 27 heavy (non-hydrogen) atoms. The highest BCUT2D eigenvalue weighted by molar-refractivity contribution is 5.97. The SMILES string of the molecule is CCOC(=O)c1nc(N2CCCC2)c2c(C)c(C)n(-c3ccccc3)c2n1. The molecular formula is C21H24N4O2. The van der Waals surface area contributed by atoms with Gasteiger partial charge in [-0.2, -0.15) is 0 Å². The Labute approximate surface area is 158 Å². The van der Waals surface area contributed by atoms with Gasteiger partial charge in [-0.3, -0.25) is 4.57 Å². The minimum atomic E-state index is -0.476. The Hall–Kier alpha value is -2.89. The molecule has 1 aliphatic rings. The number of hydrogen-bond donors (Lipinski definition) is 0. The molecule has 3 aromatic rings. The molecule has 6 nitrogen and oxygen atoms in total. The molecule has 6 heteroatoms. The Morgan fingerprint density at radius 2 is 1.81 bits per heavy atom. The highest BCUT2D eigenvalue weighted by Crippen LogP contribution is 2.34. The zero-order chi connectivity index (χ0) is 19.0. The topological polar surface area (TPSA) is 60.2 Å². The van der Waals surface area contributed by atoms with Crippen molar-refractivity contribution in [3.8, 4) is 5.69 Å². The van der Waals surface area contributed by atoms with Crippen molar-refractivity contribution in [3.63, 3.8) is 0 Å². The lowest BCUT2D eigenvalue weighted by molar-refractivity contribution is 0.0512. The van der Waals surface area contributed by atoms with Crippen molar-refractivity contribution in [2.24, 2.45) is 0 Å². The van der Waals surface area contributed by atoms with E-state index in [0.29, 0.717) is 6.61 Å². The van der Waals surface area contributed by atoms with E-state index in [1.807, 2.05) is 30.3 Å². The van der Waals surface area contributed by atoms with Crippen molar-refractivity contribution in [2.45, 2.75) is 33.6 Å². The Morgan fingerprint density at radius 1 is 1.11 bits per heavy atom. The first-order valence-corrected chi connectivity index (χ1v) is 9.49. The molecule has 1 aromatic carbocycles. The van der Waals surface area contributed by atoms with Crippen molar-refractivity contribution in [1.82, 2.24) is 14.5 Å². The average molecular weight is 364 g/mol. The van der Waals surface area contributed by atoms with Gasteiger partial charge in [0.05, 0.1) is 12.0 Å². The van der Waals surface area contributed by atoms with Crippen LogP contribution in [-0.4, -0.2) is 40.2 Å². The van der Waals surface area contributed by atoms with E-state index < -0.39 is 5.97 Å². The molecule has 1 saturated heterocycles. The van der Waals surface area contributed by atoms with Crippen molar-refractivity contribution in [2.75, 3.05) is 24.6 Å². The lowest BCUT2D eigenvalue weighted by Crippen LogP contribution is -2.22. The summed E-state index contributed by atoms with van der Waals surface area (Å²) in [5.41, 5.74) is 4.03. The third-order valence-corrected chi connectivity index (χ3v) is 5.21. The normalized spacial score (nSPS) is 14.1. The van der Waals surface area contributed by atoms with Crippen LogP contribution in [0.25, 0.3) is 16.7 Å². The van der Waals surface area contributed by atoms with Crippen LogP contribution in [-0.2, 0) is 4.74 Å². The highest BCUT2D eigenvalue weighted by Gasteiger charge is 2.26. The molecule has 0 aliphatic carbocycles. The van der Waals surface area contributed by atoms with Crippen LogP contribution in [0.5, 0.6) is 0 Å². The van der Waals surface area contributed by atoms with Gasteiger partial charge < -0.3 is 9.64 Å². The van der Waals surface area contributed by atoms with Crippen LogP contribution in [0.3, 0.4) is 0 Å². The molecule has 2 aromatic heterocycles. The second kappa shape index (κ2) is 7.02. The fourth-order valence-corrected chi connectivity index (χ4v) is 3.78. The molecule has 4 rings (SSSR count). The van der Waals surface area contributed by atoms with Crippen LogP contribution in [0.4, 0.5) is 5.82 Å². The van der Waals surface area contributed by atoms with E-state index in [-0.39, 0.29) is 5.82 Å². The van der Waals surface area contributed by atoms with Gasteiger partial charge in [0.25, 0.3) is 0 Å². The van der Waals surface area contributed by atoms with E-state index in [2.05, 4.69) is 33.3 Å². The van der Waals surface area contributed by atoms with E-state index >= 15 is 0 Å². The standard InChI is InChI=1S/C21H24N4O2/c1-4-27-21(26)18-22-19(24-12-8-9-13-24)17-14(2)15(3)25(20(17)23-18)16-10-6-5-7-11-16/h5-7,10-11H,4,8-9,12-13H2,1-3H3. The summed E-state index contributed by atoms with van der Waals surface area (Å²) in [4.78, 5) is 24.0. The molecule has 1 aliphatic heterocycles. The molecule has 0 bridgehead atoms. The van der Waals surface area contributed by atoms with Gasteiger partial charge in [0.15, 0.2) is 5.65 Å². The number of ether oxygens (including phenoxy) is 1. The van der Waals surface area contributed by atoms with Gasteiger partial charge in [0.1, 0.15) is 5.82 Å². The van der Waals surface area contributed by atoms with Gasteiger partial charge in [-0.15, -0.1) is 0 Å². The highest BCUT2D eigenvalue weighted by atomic mass is 16.5. The number of benzene rings is 1. The number of carbonyl (C=O) groups is 1. The summed E-state index contributed by atoms with van der Waals surface area (Å²) in [6.07, 6.45) is 2.27. The van der Waals surface area contributed by atoms with Crippen LogP contribution < -0.4 is 4.90 Å². The molecule has 0 unspecified atom stereocenters. The minimum absolute atomic E-state index is 0.126. The fourth-order valence-electron chi connectivity index (χ4n) is 3.78. The Bertz CT molecular complexity index is 989. The number of para-hydroxylation sites is 1. The molecule has 0 atom stereocenters. The molecule has 0 spiro atoms. The van der Waals surface area contributed by atoms with Gasteiger partial charge in [0.2, 0.25) is 5.82 Å². The molecule has 140 valence electrons. The average Bonchev–Trinajstić information content (AvgIpc) is 3.30. The van der Waals surface area contributed by atoms with Crippen molar-refractivity contribution in [3.05, 3.63) is 47.4 Å². The predicted octanol–water partition coefficient (Wildman–Crippen LogP) is 3.81. The number of aromatic nitrogens is 3. The summed E-state index contributed by atoms with van der Waals surface area (Å²) in [6, 6.07) is 10.1. The Morgan fingerprint density at radius 3 is 2.48 bits per heavy atom. The number of fused-ring (bicyclic) bond motifs is 1. The largest absolute Gasteiger partial charge is 0.460 e. The second-order valence-electron chi connectivity index (χ2n) is 6.87. The molecule has 1 fully saturated rings. The quantitative estimate of drug-likeness (QED) is 0.659. The van der Waals surface area contributed by atoms with Gasteiger partial charge in [-0.1, -0.05) is 18.2 Å². The molecular weight excluding hydrogens is 340 g/mol. The van der Waals surface area contributed by atoms with E-state index in [4.69, 9.17) is 4.74 Å². The molecule has 0 N–H and O–H groups in total. The number of hydrogen-bond acceptors (Lipinski definition) is 5. The first-order valence-electron chi connectivity index (χ1n) is 9.49. The molecule has 0 saturated carbocycles. The molecule has 0 amide bonds. The number of carbonyl (C=O) groups excluding carboxylic acids is 1. The van der Waals surface area contributed by atoms with Gasteiger partial charge in [-0.05, 0) is 51.3 Å². The first-order chi connectivity index (χ1) is 13.1. The lowest BCUT2D eigenvalue weighted by atomic mass is 10.2. The maximum atomic E-state index is 12.4. The van der Waals surface area contributed by atoms with Crippen LogP contribution in [0.15, 0.2) is 30.3 Å². The zero-order valence-corrected chi connectivity index (χ0v) is 16.0. The van der Waals surface area contributed by atoms with Gasteiger partial charge in [-0.25, -0.2) is 14.8 Å². The van der Waals surface area contributed by atoms with Crippen molar-refractivity contribution >= 4 is 22.8 Å². The number of anilines is 1. The van der Waals surface area contributed by atoms with Crippen molar-refractivity contribution in [1.29, 1.82) is 0 Å². The van der Waals surface area contributed by atoms with Crippen LogP contribution >= 0.6 is 0 Å². The first kappa shape index (κ1) is 17.5. The Balaban J connectivity index is 2.02. The monoisotopic (exact) mass is 364 g/mol. The zero-order valence-electron chi connectivity index (χ0n) is 16.0. The van der Waals surface area contributed by atoms with Crippen LogP contribution in [0, 0.1) is 13.8 Å². The second-order valence-corrected chi connectivity index (χ2v) is 6.87. The van der Waals surface area contributed by atoms with E-state index in [0.717, 1.165) is 59.7 Å². The summed E-state index contributed by atoms with van der Waals surface area (Å²) in [5, 5.41) is 1.02. The minimum Gasteiger partial charge on any atom is -0.460 e. The maximum absolute atomic E-state index is 12.4. The number of rotatable bonds is 4. The van der Waals surface area contributed by atoms with E-state index in [1.165, 1.54) is 0 Å². The summed E-state index contributed by atoms with van der Waals surface area (Å²) in [5.74, 6) is 0.493. The third kappa shape index (κ3) is 2.95. The Kier molecular flexibility index (Phi) is 4.56. The van der Waals surface area contributed by atoms with Gasteiger partial charge in [0, 0.05) is 24.5 Å². The van der Waals surface area contributed by atoms with Crippen LogP contribution in [0.1, 0.15) is 41.6 Å². The number of esters is 1. The lowest BCUT2D eigenvalue weighted by Gasteiger charge is -2.18. The van der Waals surface area contributed by atoms with Gasteiger partial charge >= 0.3 is 5.97 Å². The molecule has 0 radical (unpaired) electrons. The smallest absolute Gasteiger partial charge is 0.376 e. The van der Waals surface area contributed by atoms with Crippen LogP contribution in [0.2, 0.25) is 0 Å². The summed E-state index contributed by atoms with van der Waals surface area (Å²) in [7, 11) is 0. The number of aryl methyl sites for hydroxylation is 1. The van der Waals surface area contributed by atoms with E-state index in [9.17, 15) is 4.79 Å². The maximum Gasteiger partial charge on any atom is 0.376 e. The molecule has 3 heterocycles.